The summed E-state index contributed by atoms with van der Waals surface area (Å²) in [4.78, 5) is 61.3. The number of amides is 2. The number of nitrogens with one attached hydrogen (secondary N) is 2. The van der Waals surface area contributed by atoms with Gasteiger partial charge in [-0.1, -0.05) is 36.4 Å². The largest absolute Gasteiger partial charge is 0.499 e. The van der Waals surface area contributed by atoms with Crippen LogP contribution in [0.5, 0.6) is 0 Å². The Morgan fingerprint density at radius 2 is 1.73 bits per heavy atom. The zero-order valence-electron chi connectivity index (χ0n) is 33.8. The number of carbonyl (C=O) groups excluding carboxylic acids is 4. The summed E-state index contributed by atoms with van der Waals surface area (Å²) in [7, 11) is 0. The number of rotatable bonds is 17. The molecule has 4 N–H and O–H groups in total. The van der Waals surface area contributed by atoms with E-state index in [0.29, 0.717) is 11.1 Å². The highest BCUT2D eigenvalue weighted by atomic mass is 16.8. The number of benzene rings is 2. The van der Waals surface area contributed by atoms with Crippen LogP contribution in [0.4, 0.5) is 0 Å². The third kappa shape index (κ3) is 8.50. The molecule has 2 amide bonds. The fourth-order valence-corrected chi connectivity index (χ4v) is 9.16. The smallest absolute Gasteiger partial charge is 0.327 e. The van der Waals surface area contributed by atoms with Gasteiger partial charge in [0.05, 0.1) is 32.1 Å². The first-order chi connectivity index (χ1) is 28.3. The summed E-state index contributed by atoms with van der Waals surface area (Å²) in [5.74, 6) is -2.08. The molecule has 3 heterocycles. The summed E-state index contributed by atoms with van der Waals surface area (Å²) < 4.78 is 30.6. The van der Waals surface area contributed by atoms with E-state index in [2.05, 4.69) is 10.6 Å². The zero-order chi connectivity index (χ0) is 41.5. The highest BCUT2D eigenvalue weighted by Crippen LogP contribution is 2.63. The van der Waals surface area contributed by atoms with Crippen molar-refractivity contribution >= 4 is 29.8 Å². The van der Waals surface area contributed by atoms with Crippen molar-refractivity contribution in [3.05, 3.63) is 77.0 Å². The van der Waals surface area contributed by atoms with Gasteiger partial charge < -0.3 is 44.5 Å². The van der Waals surface area contributed by atoms with Gasteiger partial charge in [-0.15, -0.1) is 0 Å². The third-order valence-corrected chi connectivity index (χ3v) is 12.1. The molecule has 6 fully saturated rings. The van der Waals surface area contributed by atoms with Crippen molar-refractivity contribution in [3.8, 4) is 0 Å². The molecule has 6 aliphatic rings. The number of nitrogens with zero attached hydrogens (tertiary/aromatic N) is 1. The monoisotopic (exact) mass is 817 g/mol. The maximum Gasteiger partial charge on any atom is 0.327 e. The van der Waals surface area contributed by atoms with E-state index in [-0.39, 0.29) is 69.9 Å². The Morgan fingerprint density at radius 3 is 2.41 bits per heavy atom. The van der Waals surface area contributed by atoms with Crippen LogP contribution in [0.1, 0.15) is 92.8 Å². The van der Waals surface area contributed by atoms with E-state index in [1.165, 1.54) is 6.26 Å². The van der Waals surface area contributed by atoms with E-state index < -0.39 is 71.1 Å². The van der Waals surface area contributed by atoms with Crippen LogP contribution in [0.25, 0.3) is 6.08 Å². The molecule has 3 saturated carbocycles. The van der Waals surface area contributed by atoms with E-state index in [1.54, 1.807) is 56.2 Å². The SMILES string of the molecule is CC(C)(C)OC(=O)CCC(CO)NC(=O)c1cccc(CNC(=O)C23CC4OC(=O)C2N(Cc2ccc(C=COCCO)cc2)OC3C2OC(C3CC3)(C3CC3)OC42)c1. The van der Waals surface area contributed by atoms with Gasteiger partial charge >= 0.3 is 11.9 Å². The van der Waals surface area contributed by atoms with Gasteiger partial charge in [-0.25, -0.2) is 0 Å². The van der Waals surface area contributed by atoms with Crippen LogP contribution in [0.3, 0.4) is 0 Å². The van der Waals surface area contributed by atoms with Gasteiger partial charge in [0.15, 0.2) is 11.8 Å². The quantitative estimate of drug-likeness (QED) is 0.103. The maximum absolute atomic E-state index is 14.9. The molecule has 3 saturated heterocycles. The van der Waals surface area contributed by atoms with Gasteiger partial charge in [0, 0.05) is 36.8 Å². The van der Waals surface area contributed by atoms with Crippen molar-refractivity contribution in [2.24, 2.45) is 17.3 Å². The van der Waals surface area contributed by atoms with E-state index in [0.717, 1.165) is 36.8 Å². The lowest BCUT2D eigenvalue weighted by Gasteiger charge is -2.48. The molecule has 59 heavy (non-hydrogen) atoms. The van der Waals surface area contributed by atoms with Gasteiger partial charge in [-0.05, 0) is 87.8 Å². The molecule has 0 aromatic heterocycles. The number of carbonyl (C=O) groups is 4. The summed E-state index contributed by atoms with van der Waals surface area (Å²) in [6.45, 7) is 5.33. The van der Waals surface area contributed by atoms with Crippen molar-refractivity contribution in [2.75, 3.05) is 19.8 Å². The Morgan fingerprint density at radius 1 is 1.00 bits per heavy atom. The molecule has 0 radical (unpaired) electrons. The first-order valence-corrected chi connectivity index (χ1v) is 20.8. The second-order valence-electron chi connectivity index (χ2n) is 17.7. The molecule has 0 spiro atoms. The van der Waals surface area contributed by atoms with Gasteiger partial charge in [-0.2, -0.15) is 5.06 Å². The number of aliphatic hydroxyl groups is 2. The highest BCUT2D eigenvalue weighted by molar-refractivity contribution is 5.95. The number of esters is 2. The molecule has 7 unspecified atom stereocenters. The minimum atomic E-state index is -1.36. The molecule has 318 valence electrons. The molecule has 2 aromatic carbocycles. The van der Waals surface area contributed by atoms with E-state index in [4.69, 9.17) is 33.6 Å². The van der Waals surface area contributed by atoms with Crippen LogP contribution < -0.4 is 10.6 Å². The first kappa shape index (κ1) is 41.4. The predicted octanol–water partition coefficient (Wildman–Crippen LogP) is 3.30. The topological polar surface area (TPSA) is 191 Å². The molecule has 15 heteroatoms. The maximum atomic E-state index is 14.9. The van der Waals surface area contributed by atoms with Crippen molar-refractivity contribution in [1.82, 2.24) is 15.7 Å². The molecular weight excluding hydrogens is 762 g/mol. The molecule has 2 aromatic rings. The van der Waals surface area contributed by atoms with Gasteiger partial charge in [-0.3, -0.25) is 24.0 Å². The summed E-state index contributed by atoms with van der Waals surface area (Å²) in [5.41, 5.74) is 0.673. The highest BCUT2D eigenvalue weighted by Gasteiger charge is 2.78. The summed E-state index contributed by atoms with van der Waals surface area (Å²) in [6.07, 6.45) is 4.95. The van der Waals surface area contributed by atoms with Crippen LogP contribution >= 0.6 is 0 Å². The lowest BCUT2D eigenvalue weighted by molar-refractivity contribution is -0.235. The lowest BCUT2D eigenvalue weighted by Crippen LogP contribution is -2.69. The first-order valence-electron chi connectivity index (χ1n) is 20.8. The molecule has 2 bridgehead atoms. The number of hydrogen-bond acceptors (Lipinski definition) is 13. The van der Waals surface area contributed by atoms with Crippen LogP contribution in [-0.4, -0.2) is 107 Å². The van der Waals surface area contributed by atoms with Crippen LogP contribution in [-0.2, 0) is 56.0 Å². The molecule has 15 nitrogen and oxygen atoms in total. The second kappa shape index (κ2) is 16.6. The number of hydroxylamine groups is 2. The molecule has 7 atom stereocenters. The number of ether oxygens (including phenoxy) is 5. The van der Waals surface area contributed by atoms with Crippen LogP contribution in [0.15, 0.2) is 54.8 Å². The number of aliphatic hydroxyl groups excluding tert-OH is 2. The molecular formula is C44H55N3O12. The average molecular weight is 818 g/mol. The third-order valence-electron chi connectivity index (χ3n) is 12.1. The molecule has 8 rings (SSSR count). The molecule has 3 aliphatic heterocycles. The van der Waals surface area contributed by atoms with E-state index in [9.17, 15) is 24.3 Å². The summed E-state index contributed by atoms with van der Waals surface area (Å²) in [5, 5.41) is 26.4. The van der Waals surface area contributed by atoms with Crippen molar-refractivity contribution in [1.29, 1.82) is 0 Å². The standard InChI is InChI=1S/C44H55N3O12/c1-42(2,3)56-34(50)16-15-32(25-49)46-39(51)29-6-4-5-28(21-29)23-45-41(53)43-22-33-35-36(58-44(57-35,30-11-12-30)31-13-14-31)38(43)59-47(37(43)40(52)55-33)24-27-9-7-26(8-10-27)17-19-54-20-18-48/h4-10,17,19,21,30-33,35-38,48-49H,11-16,18,20,22-25H2,1-3H3,(H,45,53)(H,46,51). The number of fused-ring (bicyclic) bond motifs is 4. The normalized spacial score (nSPS) is 28.8. The Hall–Kier alpha value is -4.38. The van der Waals surface area contributed by atoms with Gasteiger partial charge in [0.25, 0.3) is 5.91 Å². The number of hydrogen-bond donors (Lipinski definition) is 4. The summed E-state index contributed by atoms with van der Waals surface area (Å²) >= 11 is 0. The average Bonchev–Trinajstić information content (AvgIpc) is 4.16. The lowest BCUT2D eigenvalue weighted by atomic mass is 9.62. The Kier molecular flexibility index (Phi) is 11.6. The van der Waals surface area contributed by atoms with Crippen molar-refractivity contribution in [2.45, 2.75) is 127 Å². The Balaban J connectivity index is 0.999. The fraction of sp³-hybridized carbons (Fsp3) is 0.591. The van der Waals surface area contributed by atoms with Crippen LogP contribution in [0, 0.1) is 17.3 Å². The second-order valence-corrected chi connectivity index (χ2v) is 17.7. The van der Waals surface area contributed by atoms with Gasteiger partial charge in [0.2, 0.25) is 5.91 Å². The minimum Gasteiger partial charge on any atom is -0.499 e. The molecule has 3 aliphatic carbocycles. The fourth-order valence-electron chi connectivity index (χ4n) is 9.16. The van der Waals surface area contributed by atoms with Crippen molar-refractivity contribution < 1.29 is 57.9 Å². The predicted molar refractivity (Wildman–Crippen MR) is 209 cm³/mol. The Bertz CT molecular complexity index is 1910. The Labute approximate surface area is 343 Å². The van der Waals surface area contributed by atoms with Gasteiger partial charge in [0.1, 0.15) is 42.0 Å². The van der Waals surface area contributed by atoms with E-state index in [1.807, 2.05) is 24.3 Å². The van der Waals surface area contributed by atoms with E-state index >= 15 is 0 Å². The minimum absolute atomic E-state index is 0.0293. The van der Waals surface area contributed by atoms with Crippen molar-refractivity contribution in [3.63, 3.8) is 0 Å². The zero-order valence-corrected chi connectivity index (χ0v) is 33.8. The van der Waals surface area contributed by atoms with Crippen LogP contribution in [0.2, 0.25) is 0 Å². The summed E-state index contributed by atoms with van der Waals surface area (Å²) in [6, 6.07) is 12.7.